The lowest BCUT2D eigenvalue weighted by Crippen LogP contribution is -2.37. The van der Waals surface area contributed by atoms with Crippen LogP contribution in [0.5, 0.6) is 11.5 Å². The standard InChI is InChI=1S/C31H43N5O8/c1-4-39-21-41-27-18-24-17-26(34-43-20-29(37)36-15-7-6-8-16-36)14-10-13-25(33-35-32)12-9-11-23(3)44-31(38)30(24)28(19-27)42-22-40-5-2/h9-10,12,14,18-19,23,25H,4-8,11,13,15-17,20-22H2,1-3H3/b12-9+,14-10+,34-26-/t23-,25-/m1/s1. The molecule has 0 aliphatic carbocycles. The van der Waals surface area contributed by atoms with Gasteiger partial charge in [0.15, 0.2) is 20.2 Å². The van der Waals surface area contributed by atoms with Gasteiger partial charge in [0.1, 0.15) is 23.2 Å². The fourth-order valence-electron chi connectivity index (χ4n) is 4.61. The number of benzene rings is 1. The molecular weight excluding hydrogens is 570 g/mol. The minimum atomic E-state index is -0.600. The van der Waals surface area contributed by atoms with Gasteiger partial charge in [0, 0.05) is 50.1 Å². The Morgan fingerprint density at radius 2 is 1.82 bits per heavy atom. The van der Waals surface area contributed by atoms with E-state index >= 15 is 0 Å². The molecular formula is C31H43N5O8. The summed E-state index contributed by atoms with van der Waals surface area (Å²) in [4.78, 5) is 36.6. The maximum atomic E-state index is 13.6. The van der Waals surface area contributed by atoms with Crippen molar-refractivity contribution in [3.63, 3.8) is 0 Å². The van der Waals surface area contributed by atoms with E-state index in [4.69, 9.17) is 34.1 Å². The van der Waals surface area contributed by atoms with Crippen LogP contribution in [0.2, 0.25) is 0 Å². The van der Waals surface area contributed by atoms with Crippen molar-refractivity contribution in [3.05, 3.63) is 58.0 Å². The number of amides is 1. The van der Waals surface area contributed by atoms with Gasteiger partial charge in [0.25, 0.3) is 5.91 Å². The number of allylic oxidation sites excluding steroid dienone is 1. The van der Waals surface area contributed by atoms with E-state index in [-0.39, 0.29) is 43.8 Å². The third-order valence-electron chi connectivity index (χ3n) is 6.85. The van der Waals surface area contributed by atoms with E-state index in [0.29, 0.717) is 56.2 Å². The highest BCUT2D eigenvalue weighted by Crippen LogP contribution is 2.32. The summed E-state index contributed by atoms with van der Waals surface area (Å²) >= 11 is 0. The third-order valence-corrected chi connectivity index (χ3v) is 6.85. The molecule has 1 fully saturated rings. The Morgan fingerprint density at radius 3 is 2.55 bits per heavy atom. The summed E-state index contributed by atoms with van der Waals surface area (Å²) in [5, 5.41) is 8.13. The molecule has 2 atom stereocenters. The Hall–Kier alpha value is -4.06. The molecule has 2 heterocycles. The fraction of sp³-hybridized carbons (Fsp3) is 0.581. The number of fused-ring (bicyclic) bond motifs is 1. The molecule has 240 valence electrons. The van der Waals surface area contributed by atoms with E-state index in [1.165, 1.54) is 0 Å². The Balaban J connectivity index is 2.02. The first kappa shape index (κ1) is 34.4. The molecule has 13 heteroatoms. The van der Waals surface area contributed by atoms with Crippen LogP contribution in [0, 0.1) is 0 Å². The molecule has 1 amide bonds. The second kappa shape index (κ2) is 19.3. The van der Waals surface area contributed by atoms with E-state index in [9.17, 15) is 9.59 Å². The van der Waals surface area contributed by atoms with Crippen LogP contribution in [0.15, 0.2) is 46.7 Å². The first-order valence-corrected chi connectivity index (χ1v) is 15.1. The van der Waals surface area contributed by atoms with Crippen LogP contribution in [0.25, 0.3) is 10.4 Å². The molecule has 3 rings (SSSR count). The minimum absolute atomic E-state index is 0.00261. The monoisotopic (exact) mass is 613 g/mol. The molecule has 0 aromatic heterocycles. The van der Waals surface area contributed by atoms with Gasteiger partial charge < -0.3 is 33.4 Å². The largest absolute Gasteiger partial charge is 0.467 e. The van der Waals surface area contributed by atoms with Crippen molar-refractivity contribution in [2.75, 3.05) is 46.5 Å². The summed E-state index contributed by atoms with van der Waals surface area (Å²) in [5.74, 6) is -0.114. The van der Waals surface area contributed by atoms with Crippen LogP contribution >= 0.6 is 0 Å². The number of likely N-dealkylation sites (tertiary alicyclic amines) is 1. The number of ether oxygens (including phenoxy) is 5. The van der Waals surface area contributed by atoms with Crippen molar-refractivity contribution >= 4 is 17.6 Å². The number of nitrogens with zero attached hydrogens (tertiary/aromatic N) is 5. The number of hydrogen-bond acceptors (Lipinski definition) is 10. The second-order valence-electron chi connectivity index (χ2n) is 10.2. The average Bonchev–Trinajstić information content (AvgIpc) is 3.01. The van der Waals surface area contributed by atoms with Crippen molar-refractivity contribution in [1.29, 1.82) is 0 Å². The van der Waals surface area contributed by atoms with Crippen LogP contribution in [-0.2, 0) is 30.3 Å². The molecule has 1 saturated heterocycles. The molecule has 2 aliphatic heterocycles. The van der Waals surface area contributed by atoms with Gasteiger partial charge in [-0.25, -0.2) is 4.79 Å². The molecule has 0 spiro atoms. The van der Waals surface area contributed by atoms with Gasteiger partial charge in [0.05, 0.1) is 11.8 Å². The predicted molar refractivity (Wildman–Crippen MR) is 164 cm³/mol. The topological polar surface area (TPSA) is 154 Å². The summed E-state index contributed by atoms with van der Waals surface area (Å²) in [6.07, 6.45) is 10.6. The molecule has 0 bridgehead atoms. The number of piperidine rings is 1. The molecule has 0 unspecified atom stereocenters. The molecule has 44 heavy (non-hydrogen) atoms. The highest BCUT2D eigenvalue weighted by molar-refractivity contribution is 6.00. The van der Waals surface area contributed by atoms with Crippen molar-refractivity contribution in [2.45, 2.75) is 71.4 Å². The van der Waals surface area contributed by atoms with Gasteiger partial charge >= 0.3 is 5.97 Å². The molecule has 0 saturated carbocycles. The summed E-state index contributed by atoms with van der Waals surface area (Å²) in [6, 6.07) is 2.84. The molecule has 0 radical (unpaired) electrons. The number of carbonyl (C=O) groups is 2. The molecule has 1 aromatic carbocycles. The lowest BCUT2D eigenvalue weighted by atomic mass is 9.99. The highest BCUT2D eigenvalue weighted by atomic mass is 16.7. The molecule has 2 aliphatic rings. The quantitative estimate of drug-likeness (QED) is 0.0438. The number of cyclic esters (lactones) is 1. The number of oxime groups is 1. The van der Waals surface area contributed by atoms with E-state index in [1.54, 1.807) is 36.1 Å². The van der Waals surface area contributed by atoms with Crippen molar-refractivity contribution in [3.8, 4) is 11.5 Å². The van der Waals surface area contributed by atoms with E-state index in [1.807, 2.05) is 26.0 Å². The Bertz CT molecular complexity index is 1220. The lowest BCUT2D eigenvalue weighted by Gasteiger charge is -2.26. The summed E-state index contributed by atoms with van der Waals surface area (Å²) in [7, 11) is 0. The maximum Gasteiger partial charge on any atom is 0.342 e. The van der Waals surface area contributed by atoms with E-state index in [2.05, 4.69) is 15.2 Å². The Labute approximate surface area is 258 Å². The van der Waals surface area contributed by atoms with E-state index < -0.39 is 18.1 Å². The van der Waals surface area contributed by atoms with Crippen molar-refractivity contribution in [2.24, 2.45) is 10.3 Å². The van der Waals surface area contributed by atoms with Crippen molar-refractivity contribution < 1.29 is 38.1 Å². The van der Waals surface area contributed by atoms with Gasteiger partial charge in [-0.1, -0.05) is 28.5 Å². The Kier molecular flexibility index (Phi) is 15.1. The fourth-order valence-corrected chi connectivity index (χ4v) is 4.61. The average molecular weight is 614 g/mol. The SMILES string of the molecule is CCOCOc1cc2c(c(OCOCC)c1)C(=O)O[C@H](C)C/C=C/[C@@H](N=[N+]=[N-])C/C=C/C(=N/OCC(=O)N1CCCCC1)C2. The van der Waals surface area contributed by atoms with Gasteiger partial charge in [0.2, 0.25) is 0 Å². The van der Waals surface area contributed by atoms with Crippen LogP contribution in [0.4, 0.5) is 0 Å². The zero-order valence-corrected chi connectivity index (χ0v) is 25.8. The van der Waals surface area contributed by atoms with Crippen LogP contribution in [0.3, 0.4) is 0 Å². The Morgan fingerprint density at radius 1 is 1.07 bits per heavy atom. The van der Waals surface area contributed by atoms with Gasteiger partial charge in [-0.2, -0.15) is 0 Å². The highest BCUT2D eigenvalue weighted by Gasteiger charge is 2.24. The zero-order valence-electron chi connectivity index (χ0n) is 25.8. The number of carbonyl (C=O) groups excluding carboxylic acids is 2. The first-order chi connectivity index (χ1) is 21.4. The van der Waals surface area contributed by atoms with Crippen LogP contribution in [0.1, 0.15) is 68.8 Å². The number of azide groups is 1. The first-order valence-electron chi connectivity index (χ1n) is 15.1. The summed E-state index contributed by atoms with van der Waals surface area (Å²) in [6.45, 7) is 7.45. The van der Waals surface area contributed by atoms with Crippen LogP contribution < -0.4 is 9.47 Å². The minimum Gasteiger partial charge on any atom is -0.467 e. The summed E-state index contributed by atoms with van der Waals surface area (Å²) in [5.41, 5.74) is 10.1. The third kappa shape index (κ3) is 11.6. The maximum absolute atomic E-state index is 13.6. The molecule has 0 N–H and O–H groups in total. The van der Waals surface area contributed by atoms with Crippen molar-refractivity contribution in [1.82, 2.24) is 4.90 Å². The number of rotatable bonds is 12. The molecule has 1 aromatic rings. The molecule has 13 nitrogen and oxygen atoms in total. The van der Waals surface area contributed by atoms with Gasteiger partial charge in [-0.05, 0) is 69.7 Å². The smallest absolute Gasteiger partial charge is 0.342 e. The zero-order chi connectivity index (χ0) is 31.6. The van der Waals surface area contributed by atoms with Gasteiger partial charge in [-0.15, -0.1) is 0 Å². The van der Waals surface area contributed by atoms with Crippen LogP contribution in [-0.4, -0.2) is 81.1 Å². The van der Waals surface area contributed by atoms with E-state index in [0.717, 1.165) is 19.3 Å². The second-order valence-corrected chi connectivity index (χ2v) is 10.2. The summed E-state index contributed by atoms with van der Waals surface area (Å²) < 4.78 is 28.2. The number of hydrogen-bond donors (Lipinski definition) is 0. The van der Waals surface area contributed by atoms with Gasteiger partial charge in [-0.3, -0.25) is 4.79 Å². The lowest BCUT2D eigenvalue weighted by molar-refractivity contribution is -0.137. The number of esters is 1. The predicted octanol–water partition coefficient (Wildman–Crippen LogP) is 5.49. The normalized spacial score (nSPS) is 21.7.